The molecule has 0 unspecified atom stereocenters. The van der Waals surface area contributed by atoms with Crippen molar-refractivity contribution in [2.75, 3.05) is 7.11 Å². The maximum atomic E-state index is 12.5. The first kappa shape index (κ1) is 15.2. The highest BCUT2D eigenvalue weighted by atomic mass is 35.5. The molecule has 0 N–H and O–H groups in total. The van der Waals surface area contributed by atoms with Crippen molar-refractivity contribution < 1.29 is 9.53 Å². The molecule has 0 amide bonds. The Morgan fingerprint density at radius 1 is 1.26 bits per heavy atom. The number of hydrogen-bond donors (Lipinski definition) is 0. The fourth-order valence-corrected chi connectivity index (χ4v) is 2.50. The van der Waals surface area contributed by atoms with Crippen LogP contribution in [0.15, 0.2) is 47.7 Å². The number of methoxy groups -OCH3 is 1. The topological polar surface area (TPSA) is 74.1 Å². The van der Waals surface area contributed by atoms with Gasteiger partial charge in [0.15, 0.2) is 5.78 Å². The van der Waals surface area contributed by atoms with Gasteiger partial charge in [0.2, 0.25) is 5.88 Å². The van der Waals surface area contributed by atoms with Crippen LogP contribution in [0.1, 0.15) is 10.4 Å². The van der Waals surface area contributed by atoms with E-state index in [1.165, 1.54) is 24.2 Å². The summed E-state index contributed by atoms with van der Waals surface area (Å²) in [7, 11) is 1.44. The van der Waals surface area contributed by atoms with Crippen LogP contribution in [0.5, 0.6) is 5.88 Å². The Balaban J connectivity index is 2.00. The van der Waals surface area contributed by atoms with E-state index >= 15 is 0 Å². The molecule has 0 saturated heterocycles. The number of hydrogen-bond acceptors (Lipinski definition) is 5. The van der Waals surface area contributed by atoms with Crippen molar-refractivity contribution >= 4 is 28.3 Å². The Hall–Kier alpha value is -2.73. The molecule has 0 atom stereocenters. The molecule has 0 fully saturated rings. The predicted octanol–water partition coefficient (Wildman–Crippen LogP) is 2.34. The zero-order valence-electron chi connectivity index (χ0n) is 12.2. The second kappa shape index (κ2) is 6.18. The highest BCUT2D eigenvalue weighted by Crippen LogP contribution is 2.18. The SMILES string of the molecule is COc1ncccc1C(=O)Cn1cnc2c(Cl)cccc2c1=O. The molecule has 2 heterocycles. The van der Waals surface area contributed by atoms with Crippen LogP contribution < -0.4 is 10.3 Å². The van der Waals surface area contributed by atoms with Gasteiger partial charge in [-0.25, -0.2) is 9.97 Å². The number of carbonyl (C=O) groups is 1. The lowest BCUT2D eigenvalue weighted by Crippen LogP contribution is -2.25. The normalized spacial score (nSPS) is 10.7. The summed E-state index contributed by atoms with van der Waals surface area (Å²) in [6.07, 6.45) is 2.85. The average Bonchev–Trinajstić information content (AvgIpc) is 2.58. The van der Waals surface area contributed by atoms with Crippen molar-refractivity contribution in [2.45, 2.75) is 6.54 Å². The monoisotopic (exact) mass is 329 g/mol. The fraction of sp³-hybridized carbons (Fsp3) is 0.125. The molecule has 0 radical (unpaired) electrons. The highest BCUT2D eigenvalue weighted by Gasteiger charge is 2.15. The lowest BCUT2D eigenvalue weighted by molar-refractivity contribution is 0.0967. The molecule has 7 heteroatoms. The molecule has 116 valence electrons. The number of Topliss-reactive ketones (excluding diaryl/α,β-unsaturated/α-hetero) is 1. The minimum absolute atomic E-state index is 0.156. The van der Waals surface area contributed by atoms with Crippen LogP contribution in [-0.4, -0.2) is 27.4 Å². The number of fused-ring (bicyclic) bond motifs is 1. The van der Waals surface area contributed by atoms with Crippen LogP contribution in [0.2, 0.25) is 5.02 Å². The standard InChI is InChI=1S/C16H12ClN3O3/c1-23-15-10(5-3-7-18-15)13(21)8-20-9-19-14-11(16(20)22)4-2-6-12(14)17/h2-7,9H,8H2,1H3. The number of benzene rings is 1. The van der Waals surface area contributed by atoms with Crippen LogP contribution in [0.4, 0.5) is 0 Å². The van der Waals surface area contributed by atoms with E-state index in [1.807, 2.05) is 0 Å². The van der Waals surface area contributed by atoms with Crippen molar-refractivity contribution in [1.82, 2.24) is 14.5 Å². The van der Waals surface area contributed by atoms with Gasteiger partial charge in [0, 0.05) is 6.20 Å². The molecule has 23 heavy (non-hydrogen) atoms. The lowest BCUT2D eigenvalue weighted by atomic mass is 10.1. The molecule has 0 bridgehead atoms. The van der Waals surface area contributed by atoms with E-state index in [9.17, 15) is 9.59 Å². The van der Waals surface area contributed by atoms with Crippen LogP contribution in [0.25, 0.3) is 10.9 Å². The summed E-state index contributed by atoms with van der Waals surface area (Å²) in [6, 6.07) is 8.19. The highest BCUT2D eigenvalue weighted by molar-refractivity contribution is 6.34. The van der Waals surface area contributed by atoms with E-state index in [0.29, 0.717) is 21.5 Å². The molecule has 0 spiro atoms. The van der Waals surface area contributed by atoms with Crippen molar-refractivity contribution in [3.8, 4) is 5.88 Å². The summed E-state index contributed by atoms with van der Waals surface area (Å²) >= 11 is 6.02. The number of para-hydroxylation sites is 1. The summed E-state index contributed by atoms with van der Waals surface area (Å²) in [4.78, 5) is 33.0. The quantitative estimate of drug-likeness (QED) is 0.687. The zero-order valence-corrected chi connectivity index (χ0v) is 12.9. The van der Waals surface area contributed by atoms with Crippen molar-refractivity contribution in [3.05, 3.63) is 63.8 Å². The summed E-state index contributed by atoms with van der Waals surface area (Å²) in [6.45, 7) is -0.156. The number of pyridine rings is 1. The maximum absolute atomic E-state index is 12.5. The molecule has 3 rings (SSSR count). The first-order valence-electron chi connectivity index (χ1n) is 6.77. The van der Waals surface area contributed by atoms with Crippen molar-refractivity contribution in [2.24, 2.45) is 0 Å². The van der Waals surface area contributed by atoms with Crippen LogP contribution >= 0.6 is 11.6 Å². The maximum Gasteiger partial charge on any atom is 0.261 e. The third-order valence-electron chi connectivity index (χ3n) is 3.38. The van der Waals surface area contributed by atoms with Gasteiger partial charge in [-0.2, -0.15) is 0 Å². The molecule has 0 aliphatic rings. The predicted molar refractivity (Wildman–Crippen MR) is 86.1 cm³/mol. The summed E-state index contributed by atoms with van der Waals surface area (Å²) in [5, 5.41) is 0.762. The van der Waals surface area contributed by atoms with Crippen LogP contribution in [0, 0.1) is 0 Å². The van der Waals surface area contributed by atoms with Gasteiger partial charge < -0.3 is 4.74 Å². The van der Waals surface area contributed by atoms with E-state index in [4.69, 9.17) is 16.3 Å². The molecule has 0 aliphatic carbocycles. The van der Waals surface area contributed by atoms with Crippen LogP contribution in [0.3, 0.4) is 0 Å². The van der Waals surface area contributed by atoms with E-state index in [2.05, 4.69) is 9.97 Å². The van der Waals surface area contributed by atoms with E-state index in [0.717, 1.165) is 0 Å². The second-order valence-electron chi connectivity index (χ2n) is 4.80. The summed E-state index contributed by atoms with van der Waals surface area (Å²) in [5.74, 6) is -0.0671. The molecule has 1 aromatic carbocycles. The Kier molecular flexibility index (Phi) is 4.08. The number of aromatic nitrogens is 3. The Morgan fingerprint density at radius 2 is 2.09 bits per heavy atom. The fourth-order valence-electron chi connectivity index (χ4n) is 2.27. The van der Waals surface area contributed by atoms with Crippen LogP contribution in [-0.2, 0) is 6.54 Å². The van der Waals surface area contributed by atoms with E-state index in [1.54, 1.807) is 30.3 Å². The number of ether oxygens (including phenoxy) is 1. The molecular formula is C16H12ClN3O3. The van der Waals surface area contributed by atoms with Gasteiger partial charge >= 0.3 is 0 Å². The number of nitrogens with zero attached hydrogens (tertiary/aromatic N) is 3. The smallest absolute Gasteiger partial charge is 0.261 e. The lowest BCUT2D eigenvalue weighted by Gasteiger charge is -2.08. The van der Waals surface area contributed by atoms with Gasteiger partial charge in [-0.05, 0) is 24.3 Å². The van der Waals surface area contributed by atoms with E-state index in [-0.39, 0.29) is 23.8 Å². The van der Waals surface area contributed by atoms with Crippen molar-refractivity contribution in [3.63, 3.8) is 0 Å². The third kappa shape index (κ3) is 2.80. The number of carbonyl (C=O) groups excluding carboxylic acids is 1. The van der Waals surface area contributed by atoms with E-state index < -0.39 is 0 Å². The molecular weight excluding hydrogens is 318 g/mol. The van der Waals surface area contributed by atoms with Gasteiger partial charge in [-0.1, -0.05) is 17.7 Å². The second-order valence-corrected chi connectivity index (χ2v) is 5.20. The molecule has 6 nitrogen and oxygen atoms in total. The Morgan fingerprint density at radius 3 is 2.87 bits per heavy atom. The van der Waals surface area contributed by atoms with Gasteiger partial charge in [0.05, 0.1) is 41.5 Å². The Labute approximate surface area is 136 Å². The summed E-state index contributed by atoms with van der Waals surface area (Å²) < 4.78 is 6.31. The third-order valence-corrected chi connectivity index (χ3v) is 3.69. The summed E-state index contributed by atoms with van der Waals surface area (Å²) in [5.41, 5.74) is 0.406. The number of rotatable bonds is 4. The Bertz CT molecular complexity index is 953. The molecule has 0 saturated carbocycles. The van der Waals surface area contributed by atoms with Crippen molar-refractivity contribution in [1.29, 1.82) is 0 Å². The first-order valence-corrected chi connectivity index (χ1v) is 7.15. The number of ketones is 1. The zero-order chi connectivity index (χ0) is 16.4. The molecule has 3 aromatic rings. The minimum Gasteiger partial charge on any atom is -0.480 e. The number of halogens is 1. The average molecular weight is 330 g/mol. The van der Waals surface area contributed by atoms with Gasteiger partial charge in [-0.15, -0.1) is 0 Å². The minimum atomic E-state index is -0.325. The van der Waals surface area contributed by atoms with Gasteiger partial charge in [0.25, 0.3) is 5.56 Å². The first-order chi connectivity index (χ1) is 11.1. The van der Waals surface area contributed by atoms with Gasteiger partial charge in [0.1, 0.15) is 0 Å². The largest absolute Gasteiger partial charge is 0.480 e. The molecule has 2 aromatic heterocycles. The molecule has 0 aliphatic heterocycles. The van der Waals surface area contributed by atoms with Gasteiger partial charge in [-0.3, -0.25) is 14.2 Å².